The van der Waals surface area contributed by atoms with Gasteiger partial charge in [0.15, 0.2) is 5.78 Å². The summed E-state index contributed by atoms with van der Waals surface area (Å²) in [7, 11) is -4.82. The number of carbonyl (C=O) groups excluding carboxylic acids is 2. The number of esters is 1. The molecule has 0 aromatic carbocycles. The first-order valence-electron chi connectivity index (χ1n) is 21.4. The minimum Gasteiger partial charge on any atom is -0.463 e. The Balaban J connectivity index is 4.20. The molecule has 0 aliphatic carbocycles. The molecule has 0 spiro atoms. The lowest BCUT2D eigenvalue weighted by Crippen LogP contribution is -2.41. The van der Waals surface area contributed by atoms with Crippen molar-refractivity contribution in [2.24, 2.45) is 5.92 Å². The second-order valence-electron chi connectivity index (χ2n) is 14.8. The molecular weight excluding hydrogens is 727 g/mol. The van der Waals surface area contributed by atoms with Gasteiger partial charge in [-0.1, -0.05) is 141 Å². The zero-order valence-corrected chi connectivity index (χ0v) is 35.2. The number of aliphatic hydroxyl groups is 5. The van der Waals surface area contributed by atoms with E-state index in [9.17, 15) is 39.5 Å². The summed E-state index contributed by atoms with van der Waals surface area (Å²) < 4.78 is 26.5. The molecule has 0 aromatic rings. The van der Waals surface area contributed by atoms with Crippen molar-refractivity contribution >= 4 is 19.6 Å². The maximum Gasteiger partial charge on any atom is 0.472 e. The van der Waals surface area contributed by atoms with Crippen LogP contribution in [0.2, 0.25) is 0 Å². The van der Waals surface area contributed by atoms with Crippen LogP contribution in [0.25, 0.3) is 0 Å². The number of hydrogen-bond donors (Lipinski definition) is 6. The van der Waals surface area contributed by atoms with Gasteiger partial charge in [-0.2, -0.15) is 0 Å². The number of phosphoric acid groups is 1. The summed E-state index contributed by atoms with van der Waals surface area (Å²) in [5.74, 6) is -0.129. The van der Waals surface area contributed by atoms with Crippen molar-refractivity contribution in [2.45, 2.75) is 199 Å². The normalized spacial score (nSPS) is 15.9. The van der Waals surface area contributed by atoms with E-state index < -0.39 is 64.6 Å². The van der Waals surface area contributed by atoms with E-state index in [0.29, 0.717) is 6.42 Å². The van der Waals surface area contributed by atoms with Gasteiger partial charge in [-0.3, -0.25) is 18.6 Å². The van der Waals surface area contributed by atoms with Gasteiger partial charge in [0.25, 0.3) is 0 Å². The van der Waals surface area contributed by atoms with E-state index >= 15 is 0 Å². The topological polar surface area (TPSA) is 200 Å². The third kappa shape index (κ3) is 32.2. The second-order valence-corrected chi connectivity index (χ2v) is 16.2. The quantitative estimate of drug-likeness (QED) is 0.0114. The number of ketones is 1. The summed E-state index contributed by atoms with van der Waals surface area (Å²) in [5, 5.41) is 46.9. The molecule has 2 unspecified atom stereocenters. The van der Waals surface area contributed by atoms with Crippen molar-refractivity contribution in [3.8, 4) is 0 Å². The van der Waals surface area contributed by atoms with Crippen LogP contribution in [0.1, 0.15) is 174 Å². The van der Waals surface area contributed by atoms with Crippen LogP contribution in [0.3, 0.4) is 0 Å². The summed E-state index contributed by atoms with van der Waals surface area (Å²) in [4.78, 5) is 35.0. The van der Waals surface area contributed by atoms with Gasteiger partial charge in [0.2, 0.25) is 0 Å². The van der Waals surface area contributed by atoms with Crippen LogP contribution in [0, 0.1) is 5.92 Å². The predicted octanol–water partition coefficient (Wildman–Crippen LogP) is 8.19. The molecular formula is C42H79O12P. The Bertz CT molecular complexity index is 1020. The SMILES string of the molecule is CCCCCCCCCC=CCCC=CC(=O)C(CCCCCC)CCCCCCCCCCC(=O)OC[C@H](CO)OP(=O)(O)OC[C@@H](O)[C@@H](O)[C@H](O)CO. The fourth-order valence-electron chi connectivity index (χ4n) is 6.18. The molecule has 0 saturated heterocycles. The first-order chi connectivity index (χ1) is 26.5. The Labute approximate surface area is 332 Å². The fourth-order valence-corrected chi connectivity index (χ4v) is 7.08. The second kappa shape index (κ2) is 36.8. The third-order valence-electron chi connectivity index (χ3n) is 9.72. The molecule has 0 saturated carbocycles. The van der Waals surface area contributed by atoms with Crippen molar-refractivity contribution in [3.05, 3.63) is 24.3 Å². The van der Waals surface area contributed by atoms with Gasteiger partial charge in [-0.15, -0.1) is 0 Å². The Morgan fingerprint density at radius 1 is 0.618 bits per heavy atom. The molecule has 0 radical (unpaired) electrons. The number of hydrogen-bond acceptors (Lipinski definition) is 11. The summed E-state index contributed by atoms with van der Waals surface area (Å²) in [6.45, 7) is 1.47. The van der Waals surface area contributed by atoms with E-state index in [2.05, 4.69) is 36.6 Å². The molecule has 0 aliphatic rings. The maximum absolute atomic E-state index is 13.0. The Hall–Kier alpha value is -1.47. The first kappa shape index (κ1) is 53.5. The van der Waals surface area contributed by atoms with Gasteiger partial charge in [0, 0.05) is 12.3 Å². The van der Waals surface area contributed by atoms with Crippen molar-refractivity contribution in [3.63, 3.8) is 0 Å². The standard InChI is InChI=1S/C42H79O12P/c1-3-5-7-9-10-11-12-13-14-15-19-22-26-30-38(45)36(28-24-8-6-4-2)29-25-21-18-16-17-20-23-27-31-41(48)52-34-37(32-43)54-55(50,51)53-35-40(47)42(49)39(46)33-44/h14-15,26,30,36-37,39-40,42-44,46-47,49H,3-13,16-25,27-29,31-35H2,1-2H3,(H,50,51)/t36?,37-,39+,40+,42-/m0/s1. The maximum atomic E-state index is 13.0. The summed E-state index contributed by atoms with van der Waals surface area (Å²) in [5.41, 5.74) is 0. The van der Waals surface area contributed by atoms with E-state index in [4.69, 9.17) is 14.4 Å². The number of allylic oxidation sites excluding steroid dienone is 4. The van der Waals surface area contributed by atoms with Crippen molar-refractivity contribution in [2.75, 3.05) is 26.4 Å². The van der Waals surface area contributed by atoms with Gasteiger partial charge >= 0.3 is 13.8 Å². The van der Waals surface area contributed by atoms with E-state index in [1.54, 1.807) is 0 Å². The van der Waals surface area contributed by atoms with Crippen molar-refractivity contribution in [1.82, 2.24) is 0 Å². The fraction of sp³-hybridized carbons (Fsp3) is 0.857. The van der Waals surface area contributed by atoms with Gasteiger partial charge in [0.1, 0.15) is 31.0 Å². The van der Waals surface area contributed by atoms with Crippen LogP contribution >= 0.6 is 7.82 Å². The van der Waals surface area contributed by atoms with Gasteiger partial charge in [-0.25, -0.2) is 4.57 Å². The number of ether oxygens (including phenoxy) is 1. The molecule has 12 nitrogen and oxygen atoms in total. The molecule has 324 valence electrons. The Morgan fingerprint density at radius 2 is 1.13 bits per heavy atom. The zero-order valence-electron chi connectivity index (χ0n) is 34.3. The highest BCUT2D eigenvalue weighted by molar-refractivity contribution is 7.47. The van der Waals surface area contributed by atoms with Crippen LogP contribution in [0.5, 0.6) is 0 Å². The van der Waals surface area contributed by atoms with E-state index in [1.165, 1.54) is 64.2 Å². The van der Waals surface area contributed by atoms with Crippen LogP contribution in [-0.4, -0.2) is 93.0 Å². The third-order valence-corrected chi connectivity index (χ3v) is 10.8. The predicted molar refractivity (Wildman–Crippen MR) is 217 cm³/mol. The lowest BCUT2D eigenvalue weighted by molar-refractivity contribution is -0.147. The molecule has 0 bridgehead atoms. The minimum absolute atomic E-state index is 0.120. The molecule has 55 heavy (non-hydrogen) atoms. The van der Waals surface area contributed by atoms with Crippen LogP contribution in [-0.2, 0) is 27.9 Å². The molecule has 13 heteroatoms. The lowest BCUT2D eigenvalue weighted by Gasteiger charge is -2.23. The molecule has 0 fully saturated rings. The van der Waals surface area contributed by atoms with Gasteiger partial charge in [-0.05, 0) is 51.0 Å². The number of aliphatic hydroxyl groups excluding tert-OH is 5. The average molecular weight is 807 g/mol. The average Bonchev–Trinajstić information content (AvgIpc) is 3.17. The van der Waals surface area contributed by atoms with Crippen LogP contribution in [0.4, 0.5) is 0 Å². The Morgan fingerprint density at radius 3 is 1.71 bits per heavy atom. The van der Waals surface area contributed by atoms with Crippen LogP contribution in [0.15, 0.2) is 24.3 Å². The largest absolute Gasteiger partial charge is 0.472 e. The summed E-state index contributed by atoms with van der Waals surface area (Å²) >= 11 is 0. The van der Waals surface area contributed by atoms with Gasteiger partial charge in [0.05, 0.1) is 19.8 Å². The number of phosphoric ester groups is 1. The molecule has 0 heterocycles. The number of rotatable bonds is 40. The summed E-state index contributed by atoms with van der Waals surface area (Å²) in [6, 6.07) is 0. The highest BCUT2D eigenvalue weighted by Crippen LogP contribution is 2.44. The van der Waals surface area contributed by atoms with E-state index in [1.807, 2.05) is 6.08 Å². The Kier molecular flexibility index (Phi) is 35.9. The molecule has 0 aromatic heterocycles. The van der Waals surface area contributed by atoms with Gasteiger partial charge < -0.3 is 35.2 Å². The molecule has 0 rings (SSSR count). The van der Waals surface area contributed by atoms with E-state index in [-0.39, 0.29) is 18.1 Å². The monoisotopic (exact) mass is 807 g/mol. The van der Waals surface area contributed by atoms with Crippen LogP contribution < -0.4 is 0 Å². The highest BCUT2D eigenvalue weighted by Gasteiger charge is 2.31. The van der Waals surface area contributed by atoms with Crippen molar-refractivity contribution in [1.29, 1.82) is 0 Å². The zero-order chi connectivity index (χ0) is 41.0. The molecule has 6 N–H and O–H groups in total. The smallest absolute Gasteiger partial charge is 0.463 e. The van der Waals surface area contributed by atoms with E-state index in [0.717, 1.165) is 83.5 Å². The summed E-state index contributed by atoms with van der Waals surface area (Å²) in [6.07, 6.45) is 28.8. The number of unbranched alkanes of at least 4 members (excludes halogenated alkanes) is 18. The molecule has 0 amide bonds. The van der Waals surface area contributed by atoms with Crippen molar-refractivity contribution < 1.29 is 58.4 Å². The molecule has 6 atom stereocenters. The molecule has 0 aliphatic heterocycles. The highest BCUT2D eigenvalue weighted by atomic mass is 31.2. The minimum atomic E-state index is -4.82. The number of carbonyl (C=O) groups is 2. The first-order valence-corrected chi connectivity index (χ1v) is 22.9. The lowest BCUT2D eigenvalue weighted by atomic mass is 9.90.